The van der Waals surface area contributed by atoms with Gasteiger partial charge in [-0.15, -0.1) is 11.3 Å². The van der Waals surface area contributed by atoms with Crippen molar-refractivity contribution in [2.75, 3.05) is 19.4 Å². The number of para-hydroxylation sites is 1. The number of amides is 1. The van der Waals surface area contributed by atoms with Gasteiger partial charge in [-0.05, 0) is 37.9 Å². The number of hydrogen-bond donors (Lipinski definition) is 1. The van der Waals surface area contributed by atoms with E-state index in [2.05, 4.69) is 53.6 Å². The molecule has 0 aliphatic carbocycles. The lowest BCUT2D eigenvalue weighted by atomic mass is 10.1. The summed E-state index contributed by atoms with van der Waals surface area (Å²) in [6.45, 7) is 0.871. The summed E-state index contributed by atoms with van der Waals surface area (Å²) in [5.74, 6) is -0.228. The van der Waals surface area contributed by atoms with Crippen LogP contribution in [-0.4, -0.2) is 34.9 Å². The largest absolute Gasteiger partial charge is 0.319 e. The maximum atomic E-state index is 12.4. The van der Waals surface area contributed by atoms with Crippen molar-refractivity contribution in [2.45, 2.75) is 6.54 Å². The van der Waals surface area contributed by atoms with Crippen molar-refractivity contribution in [1.82, 2.24) is 14.9 Å². The predicted molar refractivity (Wildman–Crippen MR) is 115 cm³/mol. The van der Waals surface area contributed by atoms with Crippen LogP contribution in [-0.2, 0) is 6.54 Å². The molecule has 2 heterocycles. The molecular formula is C22H20N4OS. The number of carbonyl (C=O) groups excluding carboxylic acids is 1. The standard InChI is InChI=1S/C22H20N4OS/c1-26(2)12-15-5-3-7-17(11-15)18-10-9-16-6-4-8-19(21(16)24-18)25-22(27)20-13-28-14-23-20/h3-11,13-14H,12H2,1-2H3,(H,25,27). The monoisotopic (exact) mass is 388 g/mol. The van der Waals surface area contributed by atoms with Crippen LogP contribution in [0.3, 0.4) is 0 Å². The Labute approximate surface area is 167 Å². The molecule has 0 aliphatic rings. The Morgan fingerprint density at radius 3 is 2.75 bits per heavy atom. The van der Waals surface area contributed by atoms with Crippen LogP contribution >= 0.6 is 11.3 Å². The lowest BCUT2D eigenvalue weighted by Gasteiger charge is -2.12. The molecule has 0 radical (unpaired) electrons. The van der Waals surface area contributed by atoms with Crippen molar-refractivity contribution in [3.05, 3.63) is 76.7 Å². The molecule has 2 aromatic heterocycles. The van der Waals surface area contributed by atoms with Crippen LogP contribution in [0.2, 0.25) is 0 Å². The van der Waals surface area contributed by atoms with Crippen molar-refractivity contribution in [2.24, 2.45) is 0 Å². The highest BCUT2D eigenvalue weighted by atomic mass is 32.1. The molecular weight excluding hydrogens is 368 g/mol. The first-order valence-corrected chi connectivity index (χ1v) is 9.88. The van der Waals surface area contributed by atoms with Crippen LogP contribution in [0.1, 0.15) is 16.1 Å². The summed E-state index contributed by atoms with van der Waals surface area (Å²) in [5, 5.41) is 5.65. The Hall–Kier alpha value is -3.09. The van der Waals surface area contributed by atoms with E-state index in [-0.39, 0.29) is 5.91 Å². The molecule has 0 saturated carbocycles. The summed E-state index contributed by atoms with van der Waals surface area (Å²) in [5.41, 5.74) is 6.67. The maximum Gasteiger partial charge on any atom is 0.275 e. The van der Waals surface area contributed by atoms with Gasteiger partial charge >= 0.3 is 0 Å². The first kappa shape index (κ1) is 18.3. The molecule has 0 aliphatic heterocycles. The molecule has 4 aromatic rings. The van der Waals surface area contributed by atoms with E-state index in [1.165, 1.54) is 16.9 Å². The molecule has 1 N–H and O–H groups in total. The number of rotatable bonds is 5. The highest BCUT2D eigenvalue weighted by Gasteiger charge is 2.12. The second-order valence-electron chi connectivity index (χ2n) is 6.84. The molecule has 0 unspecified atom stereocenters. The molecule has 0 fully saturated rings. The summed E-state index contributed by atoms with van der Waals surface area (Å²) in [6.07, 6.45) is 0. The number of aromatic nitrogens is 2. The number of pyridine rings is 1. The smallest absolute Gasteiger partial charge is 0.275 e. The average molecular weight is 388 g/mol. The highest BCUT2D eigenvalue weighted by Crippen LogP contribution is 2.27. The number of benzene rings is 2. The topological polar surface area (TPSA) is 58.1 Å². The van der Waals surface area contributed by atoms with E-state index in [1.54, 1.807) is 10.9 Å². The number of anilines is 1. The minimum atomic E-state index is -0.228. The molecule has 6 heteroatoms. The van der Waals surface area contributed by atoms with Crippen LogP contribution in [0.5, 0.6) is 0 Å². The van der Waals surface area contributed by atoms with E-state index < -0.39 is 0 Å². The Morgan fingerprint density at radius 2 is 1.96 bits per heavy atom. The number of thiazole rings is 1. The van der Waals surface area contributed by atoms with Gasteiger partial charge in [-0.2, -0.15) is 0 Å². The van der Waals surface area contributed by atoms with Gasteiger partial charge in [0, 0.05) is 22.9 Å². The summed E-state index contributed by atoms with van der Waals surface area (Å²) in [4.78, 5) is 23.5. The van der Waals surface area contributed by atoms with Gasteiger partial charge in [0.15, 0.2) is 0 Å². The van der Waals surface area contributed by atoms with E-state index in [9.17, 15) is 4.79 Å². The van der Waals surface area contributed by atoms with Gasteiger partial charge in [-0.25, -0.2) is 9.97 Å². The number of nitrogens with zero attached hydrogens (tertiary/aromatic N) is 3. The van der Waals surface area contributed by atoms with Crippen LogP contribution in [0, 0.1) is 0 Å². The molecule has 2 aromatic carbocycles. The van der Waals surface area contributed by atoms with Gasteiger partial charge in [0.2, 0.25) is 0 Å². The molecule has 140 valence electrons. The Balaban J connectivity index is 1.71. The van der Waals surface area contributed by atoms with E-state index >= 15 is 0 Å². The Morgan fingerprint density at radius 1 is 1.11 bits per heavy atom. The van der Waals surface area contributed by atoms with E-state index in [4.69, 9.17) is 4.98 Å². The lowest BCUT2D eigenvalue weighted by molar-refractivity contribution is 0.102. The molecule has 28 heavy (non-hydrogen) atoms. The van der Waals surface area contributed by atoms with Crippen molar-refractivity contribution in [3.8, 4) is 11.3 Å². The van der Waals surface area contributed by atoms with E-state index in [0.717, 1.165) is 28.7 Å². The molecule has 5 nitrogen and oxygen atoms in total. The minimum absolute atomic E-state index is 0.228. The first-order valence-electron chi connectivity index (χ1n) is 8.93. The Bertz CT molecular complexity index is 1120. The molecule has 0 spiro atoms. The second-order valence-corrected chi connectivity index (χ2v) is 7.56. The fourth-order valence-electron chi connectivity index (χ4n) is 3.11. The third-order valence-corrected chi connectivity index (χ3v) is 4.94. The fraction of sp³-hybridized carbons (Fsp3) is 0.136. The lowest BCUT2D eigenvalue weighted by Crippen LogP contribution is -2.12. The minimum Gasteiger partial charge on any atom is -0.319 e. The fourth-order valence-corrected chi connectivity index (χ4v) is 3.65. The molecule has 1 amide bonds. The van der Waals surface area contributed by atoms with E-state index in [0.29, 0.717) is 11.4 Å². The van der Waals surface area contributed by atoms with Gasteiger partial charge < -0.3 is 10.2 Å². The number of nitrogens with one attached hydrogen (secondary N) is 1. The van der Waals surface area contributed by atoms with Gasteiger partial charge in [0.1, 0.15) is 5.69 Å². The van der Waals surface area contributed by atoms with Crippen molar-refractivity contribution in [3.63, 3.8) is 0 Å². The third kappa shape index (κ3) is 3.93. The van der Waals surface area contributed by atoms with Gasteiger partial charge in [-0.1, -0.05) is 36.4 Å². The number of fused-ring (bicyclic) bond motifs is 1. The predicted octanol–water partition coefficient (Wildman–Crippen LogP) is 4.67. The van der Waals surface area contributed by atoms with Crippen LogP contribution in [0.4, 0.5) is 5.69 Å². The second kappa shape index (κ2) is 7.88. The summed E-state index contributed by atoms with van der Waals surface area (Å²) < 4.78 is 0. The molecule has 0 atom stereocenters. The summed E-state index contributed by atoms with van der Waals surface area (Å²) >= 11 is 1.40. The molecule has 4 rings (SSSR count). The third-order valence-electron chi connectivity index (χ3n) is 4.35. The van der Waals surface area contributed by atoms with Gasteiger partial charge in [0.25, 0.3) is 5.91 Å². The van der Waals surface area contributed by atoms with Gasteiger partial charge in [0.05, 0.1) is 22.4 Å². The summed E-state index contributed by atoms with van der Waals surface area (Å²) in [6, 6.07) is 18.2. The zero-order valence-electron chi connectivity index (χ0n) is 15.7. The number of carbonyl (C=O) groups is 1. The van der Waals surface area contributed by atoms with Crippen LogP contribution < -0.4 is 5.32 Å². The number of hydrogen-bond acceptors (Lipinski definition) is 5. The summed E-state index contributed by atoms with van der Waals surface area (Å²) in [7, 11) is 4.11. The zero-order chi connectivity index (χ0) is 19.5. The normalized spacial score (nSPS) is 11.1. The first-order chi connectivity index (χ1) is 13.6. The maximum absolute atomic E-state index is 12.4. The van der Waals surface area contributed by atoms with Crippen molar-refractivity contribution < 1.29 is 4.79 Å². The van der Waals surface area contributed by atoms with Crippen LogP contribution in [0.15, 0.2) is 65.5 Å². The quantitative estimate of drug-likeness (QED) is 0.540. The van der Waals surface area contributed by atoms with E-state index in [1.807, 2.05) is 30.3 Å². The average Bonchev–Trinajstić information content (AvgIpc) is 3.23. The van der Waals surface area contributed by atoms with Crippen molar-refractivity contribution in [1.29, 1.82) is 0 Å². The highest BCUT2D eigenvalue weighted by molar-refractivity contribution is 7.07. The van der Waals surface area contributed by atoms with Crippen LogP contribution in [0.25, 0.3) is 22.2 Å². The zero-order valence-corrected chi connectivity index (χ0v) is 16.5. The molecule has 0 saturated heterocycles. The van der Waals surface area contributed by atoms with Crippen molar-refractivity contribution >= 4 is 33.8 Å². The SMILES string of the molecule is CN(C)Cc1cccc(-c2ccc3cccc(NC(=O)c4cscn4)c3n2)c1. The molecule has 0 bridgehead atoms. The Kier molecular flexibility index (Phi) is 5.14. The van der Waals surface area contributed by atoms with Gasteiger partial charge in [-0.3, -0.25) is 4.79 Å².